The van der Waals surface area contributed by atoms with Gasteiger partial charge in [-0.25, -0.2) is 4.98 Å². The van der Waals surface area contributed by atoms with Crippen LogP contribution in [-0.2, 0) is 25.7 Å². The number of aromatic amines is 1. The van der Waals surface area contributed by atoms with E-state index in [9.17, 15) is 0 Å². The third-order valence-electron chi connectivity index (χ3n) is 4.91. The third-order valence-corrected chi connectivity index (χ3v) is 5.25. The van der Waals surface area contributed by atoms with Crippen molar-refractivity contribution in [1.82, 2.24) is 9.97 Å². The van der Waals surface area contributed by atoms with Crippen LogP contribution in [0.25, 0.3) is 0 Å². The van der Waals surface area contributed by atoms with Crippen LogP contribution in [0.5, 0.6) is 0 Å². The van der Waals surface area contributed by atoms with Gasteiger partial charge < -0.3 is 4.98 Å². The fourth-order valence-corrected chi connectivity index (χ4v) is 4.08. The van der Waals surface area contributed by atoms with E-state index < -0.39 is 0 Å². The summed E-state index contributed by atoms with van der Waals surface area (Å²) in [5.74, 6) is 1.58. The van der Waals surface area contributed by atoms with Crippen LogP contribution in [0, 0.1) is 4.64 Å². The highest BCUT2D eigenvalue weighted by Gasteiger charge is 2.25. The van der Waals surface area contributed by atoms with Gasteiger partial charge in [-0.1, -0.05) is 42.9 Å². The molecule has 0 atom stereocenters. The van der Waals surface area contributed by atoms with Gasteiger partial charge in [0.2, 0.25) is 0 Å². The number of aryl methyl sites for hydroxylation is 1. The first-order chi connectivity index (χ1) is 10.3. The molecule has 2 aliphatic carbocycles. The normalized spacial score (nSPS) is 18.1. The van der Waals surface area contributed by atoms with E-state index in [1.807, 2.05) is 0 Å². The molecule has 1 heterocycles. The van der Waals surface area contributed by atoms with Gasteiger partial charge in [0.25, 0.3) is 0 Å². The summed E-state index contributed by atoms with van der Waals surface area (Å²) in [4.78, 5) is 8.40. The zero-order valence-electron chi connectivity index (χ0n) is 12.2. The van der Waals surface area contributed by atoms with E-state index in [-0.39, 0.29) is 0 Å². The molecule has 2 nitrogen and oxygen atoms in total. The van der Waals surface area contributed by atoms with Crippen molar-refractivity contribution in [3.05, 3.63) is 57.1 Å². The van der Waals surface area contributed by atoms with Gasteiger partial charge in [0.1, 0.15) is 10.5 Å². The Kier molecular flexibility index (Phi) is 3.38. The van der Waals surface area contributed by atoms with Crippen LogP contribution in [0.1, 0.15) is 53.4 Å². The summed E-state index contributed by atoms with van der Waals surface area (Å²) in [5, 5.41) is 0. The molecule has 1 aromatic heterocycles. The molecule has 0 unspecified atom stereocenters. The monoisotopic (exact) mass is 296 g/mol. The van der Waals surface area contributed by atoms with Crippen molar-refractivity contribution in [3.8, 4) is 0 Å². The van der Waals surface area contributed by atoms with Crippen molar-refractivity contribution < 1.29 is 0 Å². The predicted molar refractivity (Wildman–Crippen MR) is 87.3 cm³/mol. The molecule has 2 aliphatic rings. The Labute approximate surface area is 130 Å². The number of rotatable bonds is 1. The van der Waals surface area contributed by atoms with Crippen LogP contribution in [0.3, 0.4) is 0 Å². The SMILES string of the molecule is S=c1nc(C2Cc3ccccc3C2)[nH]c2c1CCCCC2. The Morgan fingerprint density at radius 1 is 1.00 bits per heavy atom. The van der Waals surface area contributed by atoms with Crippen molar-refractivity contribution in [2.75, 3.05) is 0 Å². The second-order valence-electron chi connectivity index (χ2n) is 6.32. The van der Waals surface area contributed by atoms with Gasteiger partial charge in [-0.15, -0.1) is 0 Å². The molecule has 1 aromatic carbocycles. The first-order valence-electron chi connectivity index (χ1n) is 8.00. The Bertz CT molecular complexity index is 707. The van der Waals surface area contributed by atoms with Crippen molar-refractivity contribution in [2.45, 2.75) is 50.9 Å². The standard InChI is InChI=1S/C18H20N2S/c21-18-15-8-2-1-3-9-16(15)19-17(20-18)14-10-12-6-4-5-7-13(12)11-14/h4-7,14H,1-3,8-11H2,(H,19,20,21). The topological polar surface area (TPSA) is 28.7 Å². The summed E-state index contributed by atoms with van der Waals surface area (Å²) in [6, 6.07) is 8.75. The van der Waals surface area contributed by atoms with Gasteiger partial charge in [-0.3, -0.25) is 0 Å². The Balaban J connectivity index is 1.70. The first-order valence-corrected chi connectivity index (χ1v) is 8.41. The number of fused-ring (bicyclic) bond motifs is 2. The van der Waals surface area contributed by atoms with Crippen LogP contribution >= 0.6 is 12.2 Å². The molecule has 0 amide bonds. The van der Waals surface area contributed by atoms with Gasteiger partial charge in [0.15, 0.2) is 0 Å². The molecule has 0 fully saturated rings. The van der Waals surface area contributed by atoms with Crippen molar-refractivity contribution in [2.24, 2.45) is 0 Å². The molecule has 2 aromatic rings. The minimum atomic E-state index is 0.470. The number of nitrogens with one attached hydrogen (secondary N) is 1. The van der Waals surface area contributed by atoms with Gasteiger partial charge in [-0.2, -0.15) is 0 Å². The lowest BCUT2D eigenvalue weighted by Gasteiger charge is -2.13. The summed E-state index contributed by atoms with van der Waals surface area (Å²) < 4.78 is 0.844. The molecule has 0 aliphatic heterocycles. The van der Waals surface area contributed by atoms with Crippen molar-refractivity contribution >= 4 is 12.2 Å². The zero-order chi connectivity index (χ0) is 14.2. The number of aromatic nitrogens is 2. The maximum absolute atomic E-state index is 5.58. The van der Waals surface area contributed by atoms with E-state index in [0.717, 1.165) is 36.1 Å². The molecule has 0 saturated heterocycles. The van der Waals surface area contributed by atoms with Crippen LogP contribution < -0.4 is 0 Å². The molecular weight excluding hydrogens is 276 g/mol. The van der Waals surface area contributed by atoms with Crippen LogP contribution in [0.15, 0.2) is 24.3 Å². The zero-order valence-corrected chi connectivity index (χ0v) is 13.0. The van der Waals surface area contributed by atoms with Crippen molar-refractivity contribution in [1.29, 1.82) is 0 Å². The summed E-state index contributed by atoms with van der Waals surface area (Å²) in [5.41, 5.74) is 5.61. The smallest absolute Gasteiger partial charge is 0.133 e. The molecule has 1 N–H and O–H groups in total. The number of benzene rings is 1. The lowest BCUT2D eigenvalue weighted by atomic mass is 10.0. The van der Waals surface area contributed by atoms with Crippen molar-refractivity contribution in [3.63, 3.8) is 0 Å². The minimum absolute atomic E-state index is 0.470. The van der Waals surface area contributed by atoms with Crippen LogP contribution in [0.4, 0.5) is 0 Å². The average Bonchev–Trinajstić information content (AvgIpc) is 2.78. The fraction of sp³-hybridized carbons (Fsp3) is 0.444. The Morgan fingerprint density at radius 3 is 2.48 bits per heavy atom. The van der Waals surface area contributed by atoms with Crippen LogP contribution in [0.2, 0.25) is 0 Å². The van der Waals surface area contributed by atoms with E-state index in [4.69, 9.17) is 17.2 Å². The fourth-order valence-electron chi connectivity index (χ4n) is 3.76. The lowest BCUT2D eigenvalue weighted by molar-refractivity contribution is 0.665. The van der Waals surface area contributed by atoms with Gasteiger partial charge >= 0.3 is 0 Å². The molecule has 21 heavy (non-hydrogen) atoms. The predicted octanol–water partition coefficient (Wildman–Crippen LogP) is 4.29. The quantitative estimate of drug-likeness (QED) is 0.628. The Hall–Kier alpha value is -1.48. The molecule has 4 rings (SSSR count). The van der Waals surface area contributed by atoms with E-state index in [1.54, 1.807) is 0 Å². The molecule has 0 radical (unpaired) electrons. The summed E-state index contributed by atoms with van der Waals surface area (Å²) in [6.07, 6.45) is 8.24. The minimum Gasteiger partial charge on any atom is -0.347 e. The lowest BCUT2D eigenvalue weighted by Crippen LogP contribution is -2.09. The van der Waals surface area contributed by atoms with E-state index in [2.05, 4.69) is 29.2 Å². The largest absolute Gasteiger partial charge is 0.347 e. The van der Waals surface area contributed by atoms with E-state index >= 15 is 0 Å². The van der Waals surface area contributed by atoms with Gasteiger partial charge in [-0.05, 0) is 49.7 Å². The summed E-state index contributed by atoms with van der Waals surface area (Å²) in [7, 11) is 0. The summed E-state index contributed by atoms with van der Waals surface area (Å²) in [6.45, 7) is 0. The van der Waals surface area contributed by atoms with E-state index in [1.165, 1.54) is 41.6 Å². The Morgan fingerprint density at radius 2 is 1.71 bits per heavy atom. The van der Waals surface area contributed by atoms with E-state index in [0.29, 0.717) is 5.92 Å². The third kappa shape index (κ3) is 2.44. The molecule has 0 spiro atoms. The number of hydrogen-bond acceptors (Lipinski definition) is 2. The molecule has 0 saturated carbocycles. The second kappa shape index (κ2) is 5.38. The molecule has 108 valence electrons. The number of nitrogens with zero attached hydrogens (tertiary/aromatic N) is 1. The maximum Gasteiger partial charge on any atom is 0.133 e. The van der Waals surface area contributed by atoms with Gasteiger partial charge in [0.05, 0.1) is 0 Å². The highest BCUT2D eigenvalue weighted by atomic mass is 32.1. The molecular formula is C18H20N2S. The summed E-state index contributed by atoms with van der Waals surface area (Å²) >= 11 is 5.58. The molecule has 3 heteroatoms. The highest BCUT2D eigenvalue weighted by Crippen LogP contribution is 2.33. The second-order valence-corrected chi connectivity index (χ2v) is 6.71. The average molecular weight is 296 g/mol. The number of hydrogen-bond donors (Lipinski definition) is 1. The maximum atomic E-state index is 5.58. The highest BCUT2D eigenvalue weighted by molar-refractivity contribution is 7.71. The molecule has 0 bridgehead atoms. The number of H-pyrrole nitrogens is 1. The van der Waals surface area contributed by atoms with Gasteiger partial charge in [0, 0.05) is 17.2 Å². The first kappa shape index (κ1) is 13.2. The van der Waals surface area contributed by atoms with Crippen LogP contribution in [-0.4, -0.2) is 9.97 Å².